The second-order valence-corrected chi connectivity index (χ2v) is 6.23. The maximum absolute atomic E-state index is 6.20. The number of pyridine rings is 1. The summed E-state index contributed by atoms with van der Waals surface area (Å²) in [7, 11) is 0. The highest BCUT2D eigenvalue weighted by Crippen LogP contribution is 2.23. The van der Waals surface area contributed by atoms with Crippen LogP contribution in [0.4, 0.5) is 0 Å². The number of nitrogens with zero attached hydrogens (tertiary/aromatic N) is 3. The van der Waals surface area contributed by atoms with Crippen molar-refractivity contribution in [3.05, 3.63) is 38.7 Å². The summed E-state index contributed by atoms with van der Waals surface area (Å²) in [6.45, 7) is 8.80. The molecule has 2 aromatic heterocycles. The van der Waals surface area contributed by atoms with Crippen molar-refractivity contribution in [3.63, 3.8) is 0 Å². The van der Waals surface area contributed by atoms with Gasteiger partial charge in [-0.1, -0.05) is 25.4 Å². The third-order valence-corrected chi connectivity index (χ3v) is 4.49. The van der Waals surface area contributed by atoms with Gasteiger partial charge in [0.05, 0.1) is 26.6 Å². The molecule has 0 amide bonds. The molecule has 0 saturated heterocycles. The van der Waals surface area contributed by atoms with Crippen LogP contribution in [0, 0.1) is 13.8 Å². The smallest absolute Gasteiger partial charge is 0.154 e. The highest BCUT2D eigenvalue weighted by Gasteiger charge is 2.13. The number of halogens is 2. The predicted octanol–water partition coefficient (Wildman–Crippen LogP) is 3.80. The lowest BCUT2D eigenvalue weighted by Crippen LogP contribution is -2.23. The zero-order chi connectivity index (χ0) is 14.9. The van der Waals surface area contributed by atoms with Gasteiger partial charge in [0.2, 0.25) is 0 Å². The number of nitrogens with one attached hydrogen (secondary N) is 1. The minimum absolute atomic E-state index is 0.388. The van der Waals surface area contributed by atoms with Crippen LogP contribution in [-0.4, -0.2) is 20.8 Å². The molecule has 0 aliphatic carbocycles. The van der Waals surface area contributed by atoms with Crippen molar-refractivity contribution in [2.45, 2.75) is 40.3 Å². The largest absolute Gasteiger partial charge is 0.309 e. The van der Waals surface area contributed by atoms with Gasteiger partial charge in [0.15, 0.2) is 5.82 Å². The molecule has 0 saturated carbocycles. The molecule has 0 aliphatic heterocycles. The number of hydrogen-bond donors (Lipinski definition) is 1. The Hall–Kier alpha value is -0.910. The molecule has 0 radical (unpaired) electrons. The van der Waals surface area contributed by atoms with Gasteiger partial charge in [-0.2, -0.15) is 5.10 Å². The molecule has 0 unspecified atom stereocenters. The van der Waals surface area contributed by atoms with Gasteiger partial charge < -0.3 is 5.32 Å². The average molecular weight is 358 g/mol. The molecule has 108 valence electrons. The van der Waals surface area contributed by atoms with Crippen molar-refractivity contribution in [1.82, 2.24) is 20.1 Å². The van der Waals surface area contributed by atoms with E-state index in [1.807, 2.05) is 30.7 Å². The first-order valence-corrected chi connectivity index (χ1v) is 7.68. The van der Waals surface area contributed by atoms with E-state index < -0.39 is 0 Å². The van der Waals surface area contributed by atoms with Crippen LogP contribution < -0.4 is 5.32 Å². The molecule has 0 bridgehead atoms. The maximum atomic E-state index is 6.20. The highest BCUT2D eigenvalue weighted by molar-refractivity contribution is 9.10. The summed E-state index contributed by atoms with van der Waals surface area (Å²) >= 11 is 9.73. The molecule has 2 rings (SSSR count). The molecule has 1 N–H and O–H groups in total. The Morgan fingerprint density at radius 1 is 1.35 bits per heavy atom. The van der Waals surface area contributed by atoms with Gasteiger partial charge in [-0.25, -0.2) is 9.67 Å². The van der Waals surface area contributed by atoms with Crippen LogP contribution in [0.15, 0.2) is 16.6 Å². The van der Waals surface area contributed by atoms with Gasteiger partial charge in [-0.05, 0) is 41.9 Å². The van der Waals surface area contributed by atoms with E-state index in [4.69, 9.17) is 11.6 Å². The quantitative estimate of drug-likeness (QED) is 0.905. The average Bonchev–Trinajstić information content (AvgIpc) is 2.65. The van der Waals surface area contributed by atoms with E-state index in [0.717, 1.165) is 27.4 Å². The molecule has 0 spiro atoms. The van der Waals surface area contributed by atoms with E-state index in [1.54, 1.807) is 0 Å². The Labute approximate surface area is 132 Å². The van der Waals surface area contributed by atoms with Gasteiger partial charge in [-0.3, -0.25) is 0 Å². The second-order valence-electron chi connectivity index (χ2n) is 5.03. The Kier molecular flexibility index (Phi) is 4.83. The summed E-state index contributed by atoms with van der Waals surface area (Å²) in [5.41, 5.74) is 2.81. The molecule has 6 heteroatoms. The van der Waals surface area contributed by atoms with Crippen LogP contribution in [0.3, 0.4) is 0 Å². The predicted molar refractivity (Wildman–Crippen MR) is 85.5 cm³/mol. The Morgan fingerprint density at radius 3 is 2.60 bits per heavy atom. The Balaban J connectivity index is 2.38. The van der Waals surface area contributed by atoms with Crippen molar-refractivity contribution in [3.8, 4) is 5.82 Å². The van der Waals surface area contributed by atoms with Crippen molar-refractivity contribution in [2.24, 2.45) is 0 Å². The lowest BCUT2D eigenvalue weighted by atomic mass is 10.3. The van der Waals surface area contributed by atoms with Gasteiger partial charge in [0.25, 0.3) is 0 Å². The molecule has 4 nitrogen and oxygen atoms in total. The topological polar surface area (TPSA) is 42.7 Å². The third-order valence-electron chi connectivity index (χ3n) is 3.00. The third kappa shape index (κ3) is 3.22. The first kappa shape index (κ1) is 15.5. The van der Waals surface area contributed by atoms with Gasteiger partial charge in [-0.15, -0.1) is 0 Å². The van der Waals surface area contributed by atoms with Gasteiger partial charge in [0, 0.05) is 12.6 Å². The van der Waals surface area contributed by atoms with E-state index >= 15 is 0 Å². The fourth-order valence-electron chi connectivity index (χ4n) is 1.86. The summed E-state index contributed by atoms with van der Waals surface area (Å²) in [4.78, 5) is 4.61. The summed E-state index contributed by atoms with van der Waals surface area (Å²) in [6.07, 6.45) is 0. The zero-order valence-electron chi connectivity index (χ0n) is 12.0. The van der Waals surface area contributed by atoms with Crippen LogP contribution in [-0.2, 0) is 6.54 Å². The van der Waals surface area contributed by atoms with Gasteiger partial charge in [0.1, 0.15) is 0 Å². The fourth-order valence-corrected chi connectivity index (χ4v) is 2.28. The van der Waals surface area contributed by atoms with Crippen molar-refractivity contribution < 1.29 is 0 Å². The molecule has 0 atom stereocenters. The fraction of sp³-hybridized carbons (Fsp3) is 0.429. The van der Waals surface area contributed by atoms with E-state index in [0.29, 0.717) is 17.6 Å². The molecular weight excluding hydrogens is 340 g/mol. The van der Waals surface area contributed by atoms with Crippen LogP contribution >= 0.6 is 27.5 Å². The van der Waals surface area contributed by atoms with E-state index in [-0.39, 0.29) is 0 Å². The van der Waals surface area contributed by atoms with E-state index in [1.165, 1.54) is 0 Å². The first-order valence-electron chi connectivity index (χ1n) is 6.51. The van der Waals surface area contributed by atoms with E-state index in [9.17, 15) is 0 Å². The molecule has 0 fully saturated rings. The molecule has 2 heterocycles. The van der Waals surface area contributed by atoms with Gasteiger partial charge >= 0.3 is 0 Å². The maximum Gasteiger partial charge on any atom is 0.154 e. The molecule has 20 heavy (non-hydrogen) atoms. The molecule has 2 aromatic rings. The Morgan fingerprint density at radius 2 is 2.05 bits per heavy atom. The van der Waals surface area contributed by atoms with Crippen LogP contribution in [0.25, 0.3) is 5.82 Å². The van der Waals surface area contributed by atoms with Crippen LogP contribution in [0.5, 0.6) is 0 Å². The first-order chi connectivity index (χ1) is 9.40. The lowest BCUT2D eigenvalue weighted by molar-refractivity contribution is 0.580. The standard InChI is InChI=1S/C14H18BrClN4/c1-8(2)17-7-12-11(16)5-6-13(18-12)20-10(4)14(15)9(3)19-20/h5-6,8,17H,7H2,1-4H3. The minimum Gasteiger partial charge on any atom is -0.309 e. The molecule has 0 aromatic carbocycles. The minimum atomic E-state index is 0.388. The second kappa shape index (κ2) is 6.24. The number of aryl methyl sites for hydroxylation is 1. The number of aromatic nitrogens is 3. The summed E-state index contributed by atoms with van der Waals surface area (Å²) < 4.78 is 2.84. The van der Waals surface area contributed by atoms with Crippen LogP contribution in [0.1, 0.15) is 30.9 Å². The van der Waals surface area contributed by atoms with Crippen molar-refractivity contribution >= 4 is 27.5 Å². The SMILES string of the molecule is Cc1nn(-c2ccc(Cl)c(CNC(C)C)n2)c(C)c1Br. The molecular formula is C14H18BrClN4. The summed E-state index contributed by atoms with van der Waals surface area (Å²) in [5.74, 6) is 0.779. The number of hydrogen-bond acceptors (Lipinski definition) is 3. The Bertz CT molecular complexity index is 622. The monoisotopic (exact) mass is 356 g/mol. The zero-order valence-corrected chi connectivity index (χ0v) is 14.4. The summed E-state index contributed by atoms with van der Waals surface area (Å²) in [5, 5.41) is 8.49. The number of rotatable bonds is 4. The highest BCUT2D eigenvalue weighted by atomic mass is 79.9. The summed E-state index contributed by atoms with van der Waals surface area (Å²) in [6, 6.07) is 4.14. The van der Waals surface area contributed by atoms with Crippen molar-refractivity contribution in [1.29, 1.82) is 0 Å². The van der Waals surface area contributed by atoms with E-state index in [2.05, 4.69) is 45.2 Å². The molecule has 0 aliphatic rings. The lowest BCUT2D eigenvalue weighted by Gasteiger charge is -2.11. The van der Waals surface area contributed by atoms with Crippen LogP contribution in [0.2, 0.25) is 5.02 Å². The normalized spacial score (nSPS) is 11.3. The van der Waals surface area contributed by atoms with Crippen molar-refractivity contribution in [2.75, 3.05) is 0 Å².